The van der Waals surface area contributed by atoms with Crippen LogP contribution in [-0.2, 0) is 4.79 Å². The van der Waals surface area contributed by atoms with Crippen molar-refractivity contribution in [3.05, 3.63) is 54.6 Å². The maximum atomic E-state index is 11.5. The Morgan fingerprint density at radius 3 is 2.15 bits per heavy atom. The lowest BCUT2D eigenvalue weighted by Gasteiger charge is -2.03. The second kappa shape index (κ2) is 7.19. The summed E-state index contributed by atoms with van der Waals surface area (Å²) in [5.74, 6) is 0.0335. The Morgan fingerprint density at radius 2 is 1.55 bits per heavy atom. The molecule has 0 saturated carbocycles. The standard InChI is InChI=1S/C16H17N3O/c1-2-6-16(20)17-13-9-11-15(12-10-13)19-18-14-7-4-3-5-8-14/h3-5,7-12H,2,6H2,1H3,(H,17,20). The van der Waals surface area contributed by atoms with E-state index in [0.29, 0.717) is 6.42 Å². The van der Waals surface area contributed by atoms with E-state index < -0.39 is 0 Å². The van der Waals surface area contributed by atoms with Gasteiger partial charge in [-0.3, -0.25) is 4.79 Å². The van der Waals surface area contributed by atoms with Crippen LogP contribution in [-0.4, -0.2) is 5.91 Å². The monoisotopic (exact) mass is 267 g/mol. The molecule has 2 rings (SSSR count). The molecule has 0 aliphatic heterocycles. The van der Waals surface area contributed by atoms with Gasteiger partial charge >= 0.3 is 0 Å². The molecule has 4 nitrogen and oxygen atoms in total. The van der Waals surface area contributed by atoms with Crippen molar-refractivity contribution >= 4 is 23.0 Å². The number of carbonyl (C=O) groups excluding carboxylic acids is 1. The predicted molar refractivity (Wildman–Crippen MR) is 80.6 cm³/mol. The molecule has 0 fully saturated rings. The third-order valence-electron chi connectivity index (χ3n) is 2.67. The topological polar surface area (TPSA) is 53.8 Å². The Kier molecular flexibility index (Phi) is 5.00. The van der Waals surface area contributed by atoms with Gasteiger partial charge in [0, 0.05) is 12.1 Å². The van der Waals surface area contributed by atoms with Crippen LogP contribution in [0, 0.1) is 0 Å². The van der Waals surface area contributed by atoms with E-state index >= 15 is 0 Å². The molecular formula is C16H17N3O. The molecule has 0 aliphatic carbocycles. The predicted octanol–water partition coefficient (Wildman–Crippen LogP) is 4.84. The van der Waals surface area contributed by atoms with Crippen LogP contribution in [0.5, 0.6) is 0 Å². The minimum absolute atomic E-state index is 0.0335. The molecule has 2 aromatic carbocycles. The highest BCUT2D eigenvalue weighted by Crippen LogP contribution is 2.20. The van der Waals surface area contributed by atoms with Crippen LogP contribution in [0.2, 0.25) is 0 Å². The van der Waals surface area contributed by atoms with Gasteiger partial charge in [0.1, 0.15) is 0 Å². The van der Waals surface area contributed by atoms with Crippen molar-refractivity contribution in [1.29, 1.82) is 0 Å². The van der Waals surface area contributed by atoms with Gasteiger partial charge in [-0.1, -0.05) is 25.1 Å². The highest BCUT2D eigenvalue weighted by Gasteiger charge is 2.00. The molecular weight excluding hydrogens is 250 g/mol. The molecule has 0 heterocycles. The summed E-state index contributed by atoms with van der Waals surface area (Å²) in [7, 11) is 0. The Labute approximate surface area is 118 Å². The number of anilines is 1. The SMILES string of the molecule is CCCC(=O)Nc1ccc(N=Nc2ccccc2)cc1. The summed E-state index contributed by atoms with van der Waals surface area (Å²) >= 11 is 0. The van der Waals surface area contributed by atoms with E-state index in [4.69, 9.17) is 0 Å². The zero-order valence-corrected chi connectivity index (χ0v) is 11.4. The van der Waals surface area contributed by atoms with Gasteiger partial charge in [-0.15, -0.1) is 0 Å². The van der Waals surface area contributed by atoms with Crippen molar-refractivity contribution in [2.45, 2.75) is 19.8 Å². The lowest BCUT2D eigenvalue weighted by Crippen LogP contribution is -2.10. The average molecular weight is 267 g/mol. The Balaban J connectivity index is 1.98. The molecule has 0 aromatic heterocycles. The van der Waals surface area contributed by atoms with Gasteiger partial charge in [0.15, 0.2) is 0 Å². The highest BCUT2D eigenvalue weighted by molar-refractivity contribution is 5.90. The fourth-order valence-corrected chi connectivity index (χ4v) is 1.67. The average Bonchev–Trinajstić information content (AvgIpc) is 2.48. The second-order valence-corrected chi connectivity index (χ2v) is 4.38. The maximum absolute atomic E-state index is 11.5. The number of hydrogen-bond acceptors (Lipinski definition) is 3. The maximum Gasteiger partial charge on any atom is 0.224 e. The van der Waals surface area contributed by atoms with Crippen molar-refractivity contribution in [3.8, 4) is 0 Å². The van der Waals surface area contributed by atoms with Crippen molar-refractivity contribution in [3.63, 3.8) is 0 Å². The summed E-state index contributed by atoms with van der Waals surface area (Å²) < 4.78 is 0. The number of benzene rings is 2. The molecule has 2 aromatic rings. The molecule has 0 aliphatic rings. The van der Waals surface area contributed by atoms with Gasteiger partial charge < -0.3 is 5.32 Å². The molecule has 102 valence electrons. The first-order valence-electron chi connectivity index (χ1n) is 6.64. The first-order chi connectivity index (χ1) is 9.78. The van der Waals surface area contributed by atoms with E-state index in [0.717, 1.165) is 23.5 Å². The number of hydrogen-bond donors (Lipinski definition) is 1. The van der Waals surface area contributed by atoms with Crippen LogP contribution in [0.1, 0.15) is 19.8 Å². The van der Waals surface area contributed by atoms with E-state index in [2.05, 4.69) is 15.5 Å². The van der Waals surface area contributed by atoms with Crippen LogP contribution < -0.4 is 5.32 Å². The first kappa shape index (κ1) is 13.9. The quantitative estimate of drug-likeness (QED) is 0.774. The van der Waals surface area contributed by atoms with Crippen LogP contribution >= 0.6 is 0 Å². The third kappa shape index (κ3) is 4.31. The highest BCUT2D eigenvalue weighted by atomic mass is 16.1. The number of nitrogens with one attached hydrogen (secondary N) is 1. The first-order valence-corrected chi connectivity index (χ1v) is 6.64. The zero-order chi connectivity index (χ0) is 14.2. The van der Waals surface area contributed by atoms with Crippen molar-refractivity contribution in [2.24, 2.45) is 10.2 Å². The lowest BCUT2D eigenvalue weighted by molar-refractivity contribution is -0.116. The van der Waals surface area contributed by atoms with E-state index in [9.17, 15) is 4.79 Å². The van der Waals surface area contributed by atoms with E-state index in [1.165, 1.54) is 0 Å². The molecule has 4 heteroatoms. The number of carbonyl (C=O) groups is 1. The van der Waals surface area contributed by atoms with Gasteiger partial charge in [0.25, 0.3) is 0 Å². The van der Waals surface area contributed by atoms with Crippen LogP contribution in [0.15, 0.2) is 64.8 Å². The second-order valence-electron chi connectivity index (χ2n) is 4.38. The molecule has 0 bridgehead atoms. The Bertz CT molecular complexity index is 576. The molecule has 0 saturated heterocycles. The number of azo groups is 1. The molecule has 0 radical (unpaired) electrons. The summed E-state index contributed by atoms with van der Waals surface area (Å²) in [6, 6.07) is 16.9. The van der Waals surface area contributed by atoms with Crippen LogP contribution in [0.4, 0.5) is 17.1 Å². The number of rotatable bonds is 5. The third-order valence-corrected chi connectivity index (χ3v) is 2.67. The molecule has 0 atom stereocenters. The minimum atomic E-state index is 0.0335. The summed E-state index contributed by atoms with van der Waals surface area (Å²) in [6.07, 6.45) is 1.38. The normalized spacial score (nSPS) is 10.7. The Hall–Kier alpha value is -2.49. The lowest BCUT2D eigenvalue weighted by atomic mass is 10.2. The van der Waals surface area contributed by atoms with Gasteiger partial charge in [0.2, 0.25) is 5.91 Å². The smallest absolute Gasteiger partial charge is 0.224 e. The van der Waals surface area contributed by atoms with Gasteiger partial charge in [-0.05, 0) is 42.8 Å². The minimum Gasteiger partial charge on any atom is -0.326 e. The number of amides is 1. The summed E-state index contributed by atoms with van der Waals surface area (Å²) in [5.41, 5.74) is 2.34. The van der Waals surface area contributed by atoms with E-state index in [1.807, 2.05) is 61.5 Å². The fraction of sp³-hybridized carbons (Fsp3) is 0.188. The van der Waals surface area contributed by atoms with Crippen LogP contribution in [0.25, 0.3) is 0 Å². The molecule has 20 heavy (non-hydrogen) atoms. The zero-order valence-electron chi connectivity index (χ0n) is 11.4. The van der Waals surface area contributed by atoms with Gasteiger partial charge in [-0.2, -0.15) is 10.2 Å². The fourth-order valence-electron chi connectivity index (χ4n) is 1.67. The summed E-state index contributed by atoms with van der Waals surface area (Å²) in [4.78, 5) is 11.5. The summed E-state index contributed by atoms with van der Waals surface area (Å²) in [5, 5.41) is 11.1. The largest absolute Gasteiger partial charge is 0.326 e. The van der Waals surface area contributed by atoms with Gasteiger partial charge in [-0.25, -0.2) is 0 Å². The van der Waals surface area contributed by atoms with Crippen LogP contribution in [0.3, 0.4) is 0 Å². The van der Waals surface area contributed by atoms with Gasteiger partial charge in [0.05, 0.1) is 11.4 Å². The van der Waals surface area contributed by atoms with Crippen molar-refractivity contribution < 1.29 is 4.79 Å². The Morgan fingerprint density at radius 1 is 0.950 bits per heavy atom. The summed E-state index contributed by atoms with van der Waals surface area (Å²) in [6.45, 7) is 1.98. The van der Waals surface area contributed by atoms with Crippen molar-refractivity contribution in [2.75, 3.05) is 5.32 Å². The van der Waals surface area contributed by atoms with E-state index in [-0.39, 0.29) is 5.91 Å². The van der Waals surface area contributed by atoms with E-state index in [1.54, 1.807) is 0 Å². The molecule has 1 N–H and O–H groups in total. The van der Waals surface area contributed by atoms with Crippen molar-refractivity contribution in [1.82, 2.24) is 0 Å². The number of nitrogens with zero attached hydrogens (tertiary/aromatic N) is 2. The molecule has 0 unspecified atom stereocenters. The molecule has 1 amide bonds. The molecule has 0 spiro atoms.